The molecular weight excluding hydrogens is 176 g/mol. The van der Waals surface area contributed by atoms with Crippen LogP contribution in [0.5, 0.6) is 0 Å². The van der Waals surface area contributed by atoms with Crippen molar-refractivity contribution in [2.24, 2.45) is 5.92 Å². The molecule has 0 aromatic carbocycles. The van der Waals surface area contributed by atoms with Crippen LogP contribution in [0.3, 0.4) is 0 Å². The topological polar surface area (TPSA) is 72.8 Å². The number of carbonyl (C=O) groups is 2. The molecule has 0 heterocycles. The number of methoxy groups -OCH3 is 2. The molecule has 5 nitrogen and oxygen atoms in total. The first-order chi connectivity index (χ1) is 6.08. The van der Waals surface area contributed by atoms with Gasteiger partial charge in [-0.1, -0.05) is 6.08 Å². The zero-order valence-corrected chi connectivity index (χ0v) is 7.52. The predicted molar refractivity (Wildman–Crippen MR) is 43.7 cm³/mol. The van der Waals surface area contributed by atoms with Gasteiger partial charge in [-0.05, 0) is 0 Å². The highest BCUT2D eigenvalue weighted by molar-refractivity contribution is 5.84. The summed E-state index contributed by atoms with van der Waals surface area (Å²) < 4.78 is 8.59. The van der Waals surface area contributed by atoms with Crippen LogP contribution in [0.4, 0.5) is 0 Å². The van der Waals surface area contributed by atoms with Gasteiger partial charge in [-0.15, -0.1) is 6.58 Å². The molecular formula is C8H12O5. The standard InChI is InChI=1S/C8H12O5/c1-4-5(7(10)12-2)6(9)8(11)13-3/h4-6,9H,1H2,2-3H3/t5-,6+/m1/s1. The van der Waals surface area contributed by atoms with Crippen molar-refractivity contribution in [3.05, 3.63) is 12.7 Å². The summed E-state index contributed by atoms with van der Waals surface area (Å²) >= 11 is 0. The van der Waals surface area contributed by atoms with Gasteiger partial charge in [0.25, 0.3) is 0 Å². The first kappa shape index (κ1) is 11.6. The fourth-order valence-corrected chi connectivity index (χ4v) is 0.757. The van der Waals surface area contributed by atoms with E-state index in [9.17, 15) is 14.7 Å². The molecule has 0 aromatic heterocycles. The second-order valence-corrected chi connectivity index (χ2v) is 2.25. The molecule has 0 fully saturated rings. The highest BCUT2D eigenvalue weighted by Gasteiger charge is 2.31. The van der Waals surface area contributed by atoms with Crippen LogP contribution in [0.15, 0.2) is 12.7 Å². The Kier molecular flexibility index (Phi) is 4.76. The maximum absolute atomic E-state index is 10.9. The van der Waals surface area contributed by atoms with Gasteiger partial charge in [-0.2, -0.15) is 0 Å². The van der Waals surface area contributed by atoms with Crippen molar-refractivity contribution >= 4 is 11.9 Å². The highest BCUT2D eigenvalue weighted by Crippen LogP contribution is 2.08. The van der Waals surface area contributed by atoms with Crippen LogP contribution < -0.4 is 0 Å². The Labute approximate surface area is 75.9 Å². The summed E-state index contributed by atoms with van der Waals surface area (Å²) in [5.41, 5.74) is 0. The fourth-order valence-electron chi connectivity index (χ4n) is 0.757. The third kappa shape index (κ3) is 2.87. The number of hydrogen-bond donors (Lipinski definition) is 1. The van der Waals surface area contributed by atoms with Crippen molar-refractivity contribution < 1.29 is 24.2 Å². The van der Waals surface area contributed by atoms with E-state index in [-0.39, 0.29) is 0 Å². The van der Waals surface area contributed by atoms with Gasteiger partial charge in [0.15, 0.2) is 6.10 Å². The van der Waals surface area contributed by atoms with Crippen LogP contribution in [-0.2, 0) is 19.1 Å². The monoisotopic (exact) mass is 188 g/mol. The number of ether oxygens (including phenoxy) is 2. The van der Waals surface area contributed by atoms with Crippen LogP contribution in [0.1, 0.15) is 0 Å². The summed E-state index contributed by atoms with van der Waals surface area (Å²) in [7, 11) is 2.27. The summed E-state index contributed by atoms with van der Waals surface area (Å²) in [6.45, 7) is 3.30. The Morgan fingerprint density at radius 3 is 2.08 bits per heavy atom. The molecule has 0 amide bonds. The fraction of sp³-hybridized carbons (Fsp3) is 0.500. The van der Waals surface area contributed by atoms with Gasteiger partial charge in [0.05, 0.1) is 14.2 Å². The summed E-state index contributed by atoms with van der Waals surface area (Å²) in [5.74, 6) is -2.71. The molecule has 0 spiro atoms. The molecule has 0 bridgehead atoms. The minimum atomic E-state index is -1.56. The summed E-state index contributed by atoms with van der Waals surface area (Å²) in [5, 5.41) is 9.23. The van der Waals surface area contributed by atoms with E-state index >= 15 is 0 Å². The van der Waals surface area contributed by atoms with Gasteiger partial charge in [-0.25, -0.2) is 4.79 Å². The van der Waals surface area contributed by atoms with E-state index in [0.717, 1.165) is 20.3 Å². The Morgan fingerprint density at radius 1 is 1.31 bits per heavy atom. The van der Waals surface area contributed by atoms with E-state index in [1.54, 1.807) is 0 Å². The van der Waals surface area contributed by atoms with Gasteiger partial charge >= 0.3 is 11.9 Å². The smallest absolute Gasteiger partial charge is 0.335 e. The zero-order chi connectivity index (χ0) is 10.4. The number of esters is 2. The molecule has 0 aliphatic rings. The highest BCUT2D eigenvalue weighted by atomic mass is 16.5. The number of carbonyl (C=O) groups excluding carboxylic acids is 2. The van der Waals surface area contributed by atoms with Crippen LogP contribution in [0, 0.1) is 5.92 Å². The predicted octanol–water partition coefficient (Wildman–Crippen LogP) is -0.505. The quantitative estimate of drug-likeness (QED) is 0.475. The second kappa shape index (κ2) is 5.31. The van der Waals surface area contributed by atoms with Crippen molar-refractivity contribution in [1.82, 2.24) is 0 Å². The molecule has 1 N–H and O–H groups in total. The van der Waals surface area contributed by atoms with Crippen molar-refractivity contribution in [3.63, 3.8) is 0 Å². The second-order valence-electron chi connectivity index (χ2n) is 2.25. The average molecular weight is 188 g/mol. The number of rotatable bonds is 4. The van der Waals surface area contributed by atoms with E-state index in [1.807, 2.05) is 0 Å². The molecule has 0 saturated heterocycles. The minimum Gasteiger partial charge on any atom is -0.468 e. The summed E-state index contributed by atoms with van der Waals surface area (Å²) in [4.78, 5) is 21.7. The Morgan fingerprint density at radius 2 is 1.77 bits per heavy atom. The third-order valence-corrected chi connectivity index (χ3v) is 1.51. The molecule has 0 aliphatic carbocycles. The molecule has 0 rings (SSSR count). The average Bonchev–Trinajstić information content (AvgIpc) is 2.17. The van der Waals surface area contributed by atoms with Crippen molar-refractivity contribution in [1.29, 1.82) is 0 Å². The van der Waals surface area contributed by atoms with Crippen LogP contribution in [0.2, 0.25) is 0 Å². The lowest BCUT2D eigenvalue weighted by Gasteiger charge is -2.14. The Bertz CT molecular complexity index is 211. The molecule has 74 valence electrons. The van der Waals surface area contributed by atoms with E-state index in [0.29, 0.717) is 0 Å². The van der Waals surface area contributed by atoms with Gasteiger partial charge in [0.1, 0.15) is 5.92 Å². The van der Waals surface area contributed by atoms with Gasteiger partial charge in [-0.3, -0.25) is 4.79 Å². The van der Waals surface area contributed by atoms with E-state index < -0.39 is 24.0 Å². The molecule has 0 radical (unpaired) electrons. The number of aliphatic hydroxyl groups is 1. The first-order valence-corrected chi connectivity index (χ1v) is 3.54. The number of aliphatic hydroxyl groups excluding tert-OH is 1. The van der Waals surface area contributed by atoms with E-state index in [4.69, 9.17) is 0 Å². The van der Waals surface area contributed by atoms with E-state index in [1.165, 1.54) is 0 Å². The van der Waals surface area contributed by atoms with Crippen molar-refractivity contribution in [3.8, 4) is 0 Å². The normalized spacial score (nSPS) is 14.1. The molecule has 0 saturated carbocycles. The lowest BCUT2D eigenvalue weighted by atomic mass is 10.0. The van der Waals surface area contributed by atoms with Gasteiger partial charge < -0.3 is 14.6 Å². The maximum atomic E-state index is 10.9. The summed E-state index contributed by atoms with van der Waals surface area (Å²) in [6, 6.07) is 0. The molecule has 5 heteroatoms. The van der Waals surface area contributed by atoms with E-state index in [2.05, 4.69) is 16.1 Å². The Hall–Kier alpha value is -1.36. The third-order valence-electron chi connectivity index (χ3n) is 1.51. The lowest BCUT2D eigenvalue weighted by Crippen LogP contribution is -2.35. The van der Waals surface area contributed by atoms with Crippen LogP contribution in [0.25, 0.3) is 0 Å². The number of hydrogen-bond acceptors (Lipinski definition) is 5. The van der Waals surface area contributed by atoms with Crippen LogP contribution in [-0.4, -0.2) is 37.4 Å². The van der Waals surface area contributed by atoms with Crippen molar-refractivity contribution in [2.45, 2.75) is 6.10 Å². The maximum Gasteiger partial charge on any atom is 0.335 e. The van der Waals surface area contributed by atoms with Gasteiger partial charge in [0.2, 0.25) is 0 Å². The van der Waals surface area contributed by atoms with Crippen LogP contribution >= 0.6 is 0 Å². The molecule has 13 heavy (non-hydrogen) atoms. The molecule has 2 atom stereocenters. The van der Waals surface area contributed by atoms with Crippen molar-refractivity contribution in [2.75, 3.05) is 14.2 Å². The zero-order valence-electron chi connectivity index (χ0n) is 7.52. The first-order valence-electron chi connectivity index (χ1n) is 3.54. The Balaban J connectivity index is 4.48. The summed E-state index contributed by atoms with van der Waals surface area (Å²) in [6.07, 6.45) is -0.428. The minimum absolute atomic E-state index is 0.729. The van der Waals surface area contributed by atoms with Gasteiger partial charge in [0, 0.05) is 0 Å². The SMILES string of the molecule is C=C[C@@H](C(=O)OC)[C@H](O)C(=O)OC. The largest absolute Gasteiger partial charge is 0.468 e. The molecule has 0 unspecified atom stereocenters. The molecule has 0 aliphatic heterocycles. The molecule has 0 aromatic rings. The lowest BCUT2D eigenvalue weighted by molar-refractivity contribution is -0.160.